The molecule has 1 fully saturated rings. The molecule has 0 amide bonds. The zero-order chi connectivity index (χ0) is 8.15. The predicted octanol–water partition coefficient (Wildman–Crippen LogP) is 1.08. The van der Waals surface area contributed by atoms with Gasteiger partial charge in [-0.15, -0.1) is 0 Å². The Morgan fingerprint density at radius 3 is 1.60 bits per heavy atom. The maximum Gasteiger partial charge on any atom is 0.300 e. The first-order valence-electron chi connectivity index (χ1n) is 3.24. The first kappa shape index (κ1) is 9.14. The van der Waals surface area contributed by atoms with Crippen molar-refractivity contribution in [1.82, 2.24) is 0 Å². The van der Waals surface area contributed by atoms with E-state index in [9.17, 15) is 4.79 Å². The predicted molar refractivity (Wildman–Crippen MR) is 36.7 cm³/mol. The molecule has 3 nitrogen and oxygen atoms in total. The highest BCUT2D eigenvalue weighted by Gasteiger charge is 2.25. The van der Waals surface area contributed by atoms with Gasteiger partial charge < -0.3 is 5.11 Å². The highest BCUT2D eigenvalue weighted by Crippen LogP contribution is 2.29. The third-order valence-corrected chi connectivity index (χ3v) is 1.15. The van der Waals surface area contributed by atoms with E-state index in [4.69, 9.17) is 9.90 Å². The molecule has 0 aliphatic heterocycles. The number of rotatable bonds is 1. The average molecular weight is 144 g/mol. The van der Waals surface area contributed by atoms with E-state index in [0.29, 0.717) is 11.7 Å². The fourth-order valence-corrected chi connectivity index (χ4v) is 0.490. The normalized spacial score (nSPS) is 15.0. The SMILES string of the molecule is CC(=O)C1CC1.CC(=O)O. The lowest BCUT2D eigenvalue weighted by atomic mass is 10.3. The Labute approximate surface area is 60.0 Å². The van der Waals surface area contributed by atoms with Crippen LogP contribution in [0.25, 0.3) is 0 Å². The smallest absolute Gasteiger partial charge is 0.300 e. The number of carboxylic acids is 1. The summed E-state index contributed by atoms with van der Waals surface area (Å²) in [4.78, 5) is 19.2. The van der Waals surface area contributed by atoms with Gasteiger partial charge >= 0.3 is 0 Å². The van der Waals surface area contributed by atoms with Crippen molar-refractivity contribution in [3.05, 3.63) is 0 Å². The van der Waals surface area contributed by atoms with Gasteiger partial charge in [-0.2, -0.15) is 0 Å². The molecule has 10 heavy (non-hydrogen) atoms. The molecule has 0 saturated heterocycles. The topological polar surface area (TPSA) is 54.4 Å². The summed E-state index contributed by atoms with van der Waals surface area (Å²) < 4.78 is 0. The van der Waals surface area contributed by atoms with Gasteiger partial charge in [-0.1, -0.05) is 0 Å². The lowest BCUT2D eigenvalue weighted by Crippen LogP contribution is -1.88. The Hall–Kier alpha value is -0.860. The van der Waals surface area contributed by atoms with Crippen LogP contribution < -0.4 is 0 Å². The van der Waals surface area contributed by atoms with Crippen molar-refractivity contribution in [2.24, 2.45) is 5.92 Å². The molecule has 1 aliphatic carbocycles. The summed E-state index contributed by atoms with van der Waals surface area (Å²) in [6.07, 6.45) is 2.30. The average Bonchev–Trinajstić information content (AvgIpc) is 2.38. The highest BCUT2D eigenvalue weighted by molar-refractivity contribution is 5.80. The molecule has 1 N–H and O–H groups in total. The summed E-state index contributed by atoms with van der Waals surface area (Å²) in [5.41, 5.74) is 0. The summed E-state index contributed by atoms with van der Waals surface area (Å²) in [5, 5.41) is 7.42. The Kier molecular flexibility index (Phi) is 3.69. The van der Waals surface area contributed by atoms with Gasteiger partial charge in [0.25, 0.3) is 5.97 Å². The standard InChI is InChI=1S/C5H8O.C2H4O2/c1-4(6)5-2-3-5;1-2(3)4/h5H,2-3H2,1H3;1H3,(H,3,4). The maximum atomic E-state index is 10.2. The second-order valence-corrected chi connectivity index (χ2v) is 2.40. The molecule has 3 heteroatoms. The minimum absolute atomic E-state index is 0.370. The summed E-state index contributed by atoms with van der Waals surface area (Å²) in [5.74, 6) is 0.000000000000000444. The molecule has 1 saturated carbocycles. The highest BCUT2D eigenvalue weighted by atomic mass is 16.4. The quantitative estimate of drug-likeness (QED) is 0.599. The zero-order valence-corrected chi connectivity index (χ0v) is 6.26. The number of carbonyl (C=O) groups is 2. The number of hydrogen-bond acceptors (Lipinski definition) is 2. The Bertz CT molecular complexity index is 132. The van der Waals surface area contributed by atoms with Crippen LogP contribution in [0.2, 0.25) is 0 Å². The molecular weight excluding hydrogens is 132 g/mol. The molecule has 0 unspecified atom stereocenters. The first-order chi connectivity index (χ1) is 4.54. The van der Waals surface area contributed by atoms with Crippen molar-refractivity contribution in [2.75, 3.05) is 0 Å². The van der Waals surface area contributed by atoms with Crippen molar-refractivity contribution in [3.8, 4) is 0 Å². The van der Waals surface area contributed by atoms with E-state index in [2.05, 4.69) is 0 Å². The van der Waals surface area contributed by atoms with Crippen LogP contribution in [0.15, 0.2) is 0 Å². The van der Waals surface area contributed by atoms with Crippen molar-refractivity contribution < 1.29 is 14.7 Å². The Balaban J connectivity index is 0.000000180. The van der Waals surface area contributed by atoms with E-state index >= 15 is 0 Å². The first-order valence-corrected chi connectivity index (χ1v) is 3.24. The lowest BCUT2D eigenvalue weighted by molar-refractivity contribution is -0.134. The molecule has 0 spiro atoms. The monoisotopic (exact) mass is 144 g/mol. The number of hydrogen-bond donors (Lipinski definition) is 1. The molecule has 0 heterocycles. The third-order valence-electron chi connectivity index (χ3n) is 1.15. The van der Waals surface area contributed by atoms with Crippen molar-refractivity contribution in [3.63, 3.8) is 0 Å². The van der Waals surface area contributed by atoms with Gasteiger partial charge in [0.1, 0.15) is 5.78 Å². The van der Waals surface area contributed by atoms with Gasteiger partial charge in [0.2, 0.25) is 0 Å². The molecular formula is C7H12O3. The van der Waals surface area contributed by atoms with Gasteiger partial charge in [0.05, 0.1) is 0 Å². The van der Waals surface area contributed by atoms with E-state index in [1.807, 2.05) is 0 Å². The lowest BCUT2D eigenvalue weighted by Gasteiger charge is -1.75. The van der Waals surface area contributed by atoms with Crippen molar-refractivity contribution in [1.29, 1.82) is 0 Å². The summed E-state index contributed by atoms with van der Waals surface area (Å²) >= 11 is 0. The summed E-state index contributed by atoms with van der Waals surface area (Å²) in [6, 6.07) is 0. The molecule has 0 aromatic carbocycles. The number of carbonyl (C=O) groups excluding carboxylic acids is 1. The van der Waals surface area contributed by atoms with Crippen molar-refractivity contribution >= 4 is 11.8 Å². The van der Waals surface area contributed by atoms with Crippen LogP contribution in [0.4, 0.5) is 0 Å². The molecule has 0 aromatic rings. The van der Waals surface area contributed by atoms with Crippen LogP contribution in [-0.4, -0.2) is 16.9 Å². The molecule has 0 radical (unpaired) electrons. The van der Waals surface area contributed by atoms with Gasteiger partial charge in [0, 0.05) is 12.8 Å². The van der Waals surface area contributed by atoms with E-state index in [1.165, 1.54) is 0 Å². The summed E-state index contributed by atoms with van der Waals surface area (Å²) in [6.45, 7) is 2.75. The second kappa shape index (κ2) is 4.04. The van der Waals surface area contributed by atoms with Crippen molar-refractivity contribution in [2.45, 2.75) is 26.7 Å². The molecule has 1 rings (SSSR count). The van der Waals surface area contributed by atoms with Gasteiger partial charge in [-0.3, -0.25) is 9.59 Å². The van der Waals surface area contributed by atoms with Gasteiger partial charge in [-0.05, 0) is 19.8 Å². The van der Waals surface area contributed by atoms with Crippen LogP contribution >= 0.6 is 0 Å². The molecule has 0 atom stereocenters. The van der Waals surface area contributed by atoms with E-state index in [0.717, 1.165) is 19.8 Å². The fraction of sp³-hybridized carbons (Fsp3) is 0.714. The van der Waals surface area contributed by atoms with Gasteiger partial charge in [0.15, 0.2) is 0 Å². The minimum atomic E-state index is -0.833. The molecule has 58 valence electrons. The van der Waals surface area contributed by atoms with Gasteiger partial charge in [-0.25, -0.2) is 0 Å². The van der Waals surface area contributed by atoms with Crippen LogP contribution in [-0.2, 0) is 9.59 Å². The van der Waals surface area contributed by atoms with Crippen LogP contribution in [0.3, 0.4) is 0 Å². The van der Waals surface area contributed by atoms with Crippen LogP contribution in [0.5, 0.6) is 0 Å². The largest absolute Gasteiger partial charge is 0.481 e. The second-order valence-electron chi connectivity index (χ2n) is 2.40. The zero-order valence-electron chi connectivity index (χ0n) is 6.26. The number of ketones is 1. The Morgan fingerprint density at radius 1 is 1.30 bits per heavy atom. The Morgan fingerprint density at radius 2 is 1.60 bits per heavy atom. The van der Waals surface area contributed by atoms with E-state index in [1.54, 1.807) is 6.92 Å². The summed E-state index contributed by atoms with van der Waals surface area (Å²) in [7, 11) is 0. The number of aliphatic carboxylic acids is 1. The van der Waals surface area contributed by atoms with E-state index in [-0.39, 0.29) is 0 Å². The van der Waals surface area contributed by atoms with Crippen LogP contribution in [0, 0.1) is 5.92 Å². The minimum Gasteiger partial charge on any atom is -0.481 e. The molecule has 0 aromatic heterocycles. The number of Topliss-reactive ketones (excluding diaryl/α,β-unsaturated/α-hetero) is 1. The molecule has 0 bridgehead atoms. The molecule has 1 aliphatic rings. The third kappa shape index (κ3) is 7.14. The maximum absolute atomic E-state index is 10.2. The van der Waals surface area contributed by atoms with Crippen LogP contribution in [0.1, 0.15) is 26.7 Å². The number of carboxylic acid groups (broad SMARTS) is 1. The van der Waals surface area contributed by atoms with E-state index < -0.39 is 5.97 Å². The fourth-order valence-electron chi connectivity index (χ4n) is 0.490.